The lowest BCUT2D eigenvalue weighted by molar-refractivity contribution is -0.138. The van der Waals surface area contributed by atoms with E-state index in [4.69, 9.17) is 4.52 Å². The normalized spacial score (nSPS) is 17.6. The van der Waals surface area contributed by atoms with Crippen LogP contribution in [0.1, 0.15) is 31.1 Å². The van der Waals surface area contributed by atoms with Gasteiger partial charge in [0.05, 0.1) is 0 Å². The molecule has 1 aliphatic rings. The van der Waals surface area contributed by atoms with Gasteiger partial charge in [0.15, 0.2) is 0 Å². The lowest BCUT2D eigenvalue weighted by Crippen LogP contribution is -2.45. The highest BCUT2D eigenvalue weighted by atomic mass is 16.5. The minimum Gasteiger partial charge on any atom is -0.361 e. The van der Waals surface area contributed by atoms with E-state index >= 15 is 0 Å². The molecular formula is C26H28N4O4. The molecule has 0 aliphatic carbocycles. The van der Waals surface area contributed by atoms with Crippen LogP contribution in [0, 0.1) is 0 Å². The molecular weight excluding hydrogens is 432 g/mol. The van der Waals surface area contributed by atoms with Crippen molar-refractivity contribution in [2.45, 2.75) is 31.7 Å². The largest absolute Gasteiger partial charge is 0.361 e. The molecule has 8 heteroatoms. The van der Waals surface area contributed by atoms with Crippen LogP contribution in [-0.4, -0.2) is 52.9 Å². The molecule has 34 heavy (non-hydrogen) atoms. The highest BCUT2D eigenvalue weighted by Crippen LogP contribution is 2.32. The van der Waals surface area contributed by atoms with Crippen molar-refractivity contribution < 1.29 is 18.9 Å². The molecule has 1 N–H and O–H groups in total. The maximum absolute atomic E-state index is 13.2. The molecule has 4 rings (SSSR count). The van der Waals surface area contributed by atoms with Crippen LogP contribution < -0.4 is 5.32 Å². The van der Waals surface area contributed by atoms with Crippen molar-refractivity contribution in [1.82, 2.24) is 20.3 Å². The fraction of sp³-hybridized carbons (Fsp3) is 0.308. The number of rotatable bonds is 9. The Morgan fingerprint density at radius 1 is 1.09 bits per heavy atom. The van der Waals surface area contributed by atoms with Gasteiger partial charge in [0.25, 0.3) is 5.91 Å². The minimum absolute atomic E-state index is 0.295. The predicted octanol–water partition coefficient (Wildman–Crippen LogP) is 3.59. The molecule has 0 bridgehead atoms. The Morgan fingerprint density at radius 2 is 1.76 bits per heavy atom. The second-order valence-corrected chi connectivity index (χ2v) is 8.41. The number of aryl methyl sites for hydroxylation is 1. The Bertz CT molecular complexity index is 1160. The molecule has 2 heterocycles. The summed E-state index contributed by atoms with van der Waals surface area (Å²) in [4.78, 5) is 41.1. The van der Waals surface area contributed by atoms with E-state index in [1.165, 1.54) is 4.90 Å². The van der Waals surface area contributed by atoms with Gasteiger partial charge in [-0.15, -0.1) is 0 Å². The van der Waals surface area contributed by atoms with Gasteiger partial charge in [-0.2, -0.15) is 0 Å². The summed E-state index contributed by atoms with van der Waals surface area (Å²) in [5.74, 6) is 0.0402. The minimum atomic E-state index is -1.14. The molecule has 0 spiro atoms. The maximum atomic E-state index is 13.2. The molecule has 1 fully saturated rings. The zero-order valence-electron chi connectivity index (χ0n) is 19.4. The third kappa shape index (κ3) is 4.57. The van der Waals surface area contributed by atoms with Gasteiger partial charge >= 0.3 is 6.03 Å². The molecule has 1 saturated heterocycles. The molecule has 8 nitrogen and oxygen atoms in total. The zero-order valence-corrected chi connectivity index (χ0v) is 19.4. The van der Waals surface area contributed by atoms with E-state index < -0.39 is 17.5 Å². The van der Waals surface area contributed by atoms with Gasteiger partial charge in [0.1, 0.15) is 23.5 Å². The standard InChI is InChI=1S/C26H28N4O4/c1-3-26(20-13-8-5-9-14-20)24(32)30(25(33)27-26)18-23(31)29(2)16-10-15-21-17-22(28-34-21)19-11-6-4-7-12-19/h4-9,11-14,17H,3,10,15-16,18H2,1-2H3,(H,27,33). The van der Waals surface area contributed by atoms with Crippen molar-refractivity contribution >= 4 is 17.8 Å². The predicted molar refractivity (Wildman–Crippen MR) is 127 cm³/mol. The number of hydrogen-bond acceptors (Lipinski definition) is 5. The van der Waals surface area contributed by atoms with Crippen molar-refractivity contribution in [2.24, 2.45) is 0 Å². The topological polar surface area (TPSA) is 95.8 Å². The SMILES string of the molecule is CCC1(c2ccccc2)NC(=O)N(CC(=O)N(C)CCCc2cc(-c3ccccc3)no2)C1=O. The Morgan fingerprint density at radius 3 is 2.44 bits per heavy atom. The highest BCUT2D eigenvalue weighted by Gasteiger charge is 2.51. The van der Waals surface area contributed by atoms with Crippen LogP contribution in [0.2, 0.25) is 0 Å². The number of urea groups is 1. The van der Waals surface area contributed by atoms with Crippen LogP contribution in [0.15, 0.2) is 71.3 Å². The third-order valence-electron chi connectivity index (χ3n) is 6.24. The van der Waals surface area contributed by atoms with Crippen LogP contribution >= 0.6 is 0 Å². The van der Waals surface area contributed by atoms with Gasteiger partial charge in [-0.25, -0.2) is 4.79 Å². The maximum Gasteiger partial charge on any atom is 0.325 e. The Balaban J connectivity index is 1.32. The van der Waals surface area contributed by atoms with Crippen LogP contribution in [0.4, 0.5) is 4.79 Å². The van der Waals surface area contributed by atoms with E-state index in [-0.39, 0.29) is 12.5 Å². The number of imide groups is 1. The van der Waals surface area contributed by atoms with E-state index in [1.54, 1.807) is 7.05 Å². The lowest BCUT2D eigenvalue weighted by Gasteiger charge is -2.26. The number of benzene rings is 2. The fourth-order valence-electron chi connectivity index (χ4n) is 4.18. The van der Waals surface area contributed by atoms with E-state index in [0.29, 0.717) is 31.4 Å². The number of hydrogen-bond donors (Lipinski definition) is 1. The highest BCUT2D eigenvalue weighted by molar-refractivity contribution is 6.09. The number of amides is 4. The molecule has 1 atom stereocenters. The molecule has 3 aromatic rings. The number of nitrogens with zero attached hydrogens (tertiary/aromatic N) is 3. The number of aromatic nitrogens is 1. The van der Waals surface area contributed by atoms with Crippen LogP contribution in [-0.2, 0) is 21.5 Å². The Kier molecular flexibility index (Phi) is 6.77. The first-order valence-electron chi connectivity index (χ1n) is 11.4. The number of likely N-dealkylation sites (N-methyl/N-ethyl adjacent to an activating group) is 1. The Labute approximate surface area is 198 Å². The molecule has 176 valence electrons. The van der Waals surface area contributed by atoms with Crippen LogP contribution in [0.5, 0.6) is 0 Å². The van der Waals surface area contributed by atoms with E-state index in [9.17, 15) is 14.4 Å². The van der Waals surface area contributed by atoms with Gasteiger partial charge in [0, 0.05) is 31.6 Å². The number of carbonyl (C=O) groups is 3. The van der Waals surface area contributed by atoms with Crippen molar-refractivity contribution in [3.8, 4) is 11.3 Å². The van der Waals surface area contributed by atoms with E-state index in [0.717, 1.165) is 21.9 Å². The van der Waals surface area contributed by atoms with Crippen molar-refractivity contribution in [3.63, 3.8) is 0 Å². The summed E-state index contributed by atoms with van der Waals surface area (Å²) in [7, 11) is 1.67. The summed E-state index contributed by atoms with van der Waals surface area (Å²) in [5.41, 5.74) is 1.33. The van der Waals surface area contributed by atoms with Crippen molar-refractivity contribution in [1.29, 1.82) is 0 Å². The number of nitrogens with one attached hydrogen (secondary N) is 1. The van der Waals surface area contributed by atoms with Gasteiger partial charge in [-0.05, 0) is 18.4 Å². The molecule has 4 amide bonds. The molecule has 1 aliphatic heterocycles. The summed E-state index contributed by atoms with van der Waals surface area (Å²) in [6.45, 7) is 2.01. The summed E-state index contributed by atoms with van der Waals surface area (Å²) < 4.78 is 5.42. The molecule has 1 unspecified atom stereocenters. The lowest BCUT2D eigenvalue weighted by atomic mass is 9.87. The second kappa shape index (κ2) is 9.91. The zero-order chi connectivity index (χ0) is 24.1. The Hall–Kier alpha value is -3.94. The molecule has 0 radical (unpaired) electrons. The average molecular weight is 461 g/mol. The molecule has 1 aromatic heterocycles. The first-order chi connectivity index (χ1) is 16.4. The summed E-state index contributed by atoms with van der Waals surface area (Å²) in [5, 5.41) is 6.91. The fourth-order valence-corrected chi connectivity index (χ4v) is 4.18. The summed E-state index contributed by atoms with van der Waals surface area (Å²) >= 11 is 0. The van der Waals surface area contributed by atoms with Gasteiger partial charge in [-0.1, -0.05) is 72.7 Å². The monoisotopic (exact) mass is 460 g/mol. The van der Waals surface area contributed by atoms with Gasteiger partial charge in [0.2, 0.25) is 5.91 Å². The third-order valence-corrected chi connectivity index (χ3v) is 6.24. The average Bonchev–Trinajstić information content (AvgIpc) is 3.44. The van der Waals surface area contributed by atoms with Crippen molar-refractivity contribution in [2.75, 3.05) is 20.1 Å². The summed E-state index contributed by atoms with van der Waals surface area (Å²) in [6.07, 6.45) is 1.67. The van der Waals surface area contributed by atoms with E-state index in [1.807, 2.05) is 73.7 Å². The number of carbonyl (C=O) groups excluding carboxylic acids is 3. The quantitative estimate of drug-likeness (QED) is 0.493. The van der Waals surface area contributed by atoms with Gasteiger partial charge < -0.3 is 14.7 Å². The molecule has 2 aromatic carbocycles. The van der Waals surface area contributed by atoms with Crippen molar-refractivity contribution in [3.05, 3.63) is 78.1 Å². The van der Waals surface area contributed by atoms with Crippen LogP contribution in [0.25, 0.3) is 11.3 Å². The molecule has 0 saturated carbocycles. The first-order valence-corrected chi connectivity index (χ1v) is 11.4. The summed E-state index contributed by atoms with van der Waals surface area (Å²) in [6, 6.07) is 20.2. The second-order valence-electron chi connectivity index (χ2n) is 8.41. The van der Waals surface area contributed by atoms with Gasteiger partial charge in [-0.3, -0.25) is 14.5 Å². The van der Waals surface area contributed by atoms with Crippen LogP contribution in [0.3, 0.4) is 0 Å². The first kappa shape index (κ1) is 23.2. The smallest absolute Gasteiger partial charge is 0.325 e. The van der Waals surface area contributed by atoms with E-state index in [2.05, 4.69) is 10.5 Å².